The lowest BCUT2D eigenvalue weighted by molar-refractivity contribution is 0.0687. The number of hydrogen-bond donors (Lipinski definition) is 3. The summed E-state index contributed by atoms with van der Waals surface area (Å²) in [6, 6.07) is 1.41. The molecule has 0 aliphatic heterocycles. The van der Waals surface area contributed by atoms with Gasteiger partial charge < -0.3 is 15.9 Å². The van der Waals surface area contributed by atoms with Crippen LogP contribution in [-0.2, 0) is 12.0 Å². The molecule has 0 aromatic heterocycles. The van der Waals surface area contributed by atoms with E-state index in [9.17, 15) is 14.3 Å². The van der Waals surface area contributed by atoms with Crippen molar-refractivity contribution in [3.63, 3.8) is 0 Å². The first kappa shape index (κ1) is 13.4. The van der Waals surface area contributed by atoms with E-state index in [-0.39, 0.29) is 17.7 Å². The highest BCUT2D eigenvalue weighted by Gasteiger charge is 2.27. The van der Waals surface area contributed by atoms with E-state index >= 15 is 0 Å². The Balaban J connectivity index is 3.66. The summed E-state index contributed by atoms with van der Waals surface area (Å²) < 4.78 is 14.0. The number of halogens is 1. The Kier molecular flexibility index (Phi) is 3.43. The smallest absolute Gasteiger partial charge is 0.342 e. The predicted octanol–water partition coefficient (Wildman–Crippen LogP) is 1.99. The number of hydrogen-bond acceptors (Lipinski definition) is 3. The predicted molar refractivity (Wildman–Crippen MR) is 61.6 cm³/mol. The molecule has 0 bridgehead atoms. The first-order chi connectivity index (χ1) is 7.70. The summed E-state index contributed by atoms with van der Waals surface area (Å²) >= 11 is 0. The minimum absolute atomic E-state index is 0.0462. The third kappa shape index (κ3) is 2.39. The fraction of sp³-hybridized carbons (Fsp3) is 0.417. The van der Waals surface area contributed by atoms with Crippen LogP contribution in [0.15, 0.2) is 6.07 Å². The molecule has 4 N–H and O–H groups in total. The summed E-state index contributed by atoms with van der Waals surface area (Å²) in [7, 11) is 0. The molecule has 5 heteroatoms. The molecule has 4 nitrogen and oxygen atoms in total. The second-order valence-corrected chi connectivity index (χ2v) is 4.88. The van der Waals surface area contributed by atoms with Gasteiger partial charge in [-0.2, -0.15) is 0 Å². The number of carbonyl (C=O) groups is 1. The molecule has 0 saturated heterocycles. The third-order valence-electron chi connectivity index (χ3n) is 2.56. The van der Waals surface area contributed by atoms with Gasteiger partial charge in [0.05, 0.1) is 0 Å². The van der Waals surface area contributed by atoms with E-state index in [1.54, 1.807) is 20.8 Å². The number of aromatic carboxylic acids is 1. The third-order valence-corrected chi connectivity index (χ3v) is 2.56. The summed E-state index contributed by atoms with van der Waals surface area (Å²) in [5.41, 5.74) is 4.59. The van der Waals surface area contributed by atoms with Crippen molar-refractivity contribution < 1.29 is 19.4 Å². The Morgan fingerprint density at radius 3 is 2.35 bits per heavy atom. The van der Waals surface area contributed by atoms with Crippen molar-refractivity contribution in [3.8, 4) is 5.75 Å². The molecule has 0 fully saturated rings. The highest BCUT2D eigenvalue weighted by molar-refractivity contribution is 5.92. The molecule has 0 saturated carbocycles. The maximum absolute atomic E-state index is 14.0. The van der Waals surface area contributed by atoms with Crippen molar-refractivity contribution >= 4 is 5.97 Å². The quantitative estimate of drug-likeness (QED) is 0.739. The number of phenols is 1. The minimum atomic E-state index is -1.50. The average Bonchev–Trinajstić information content (AvgIpc) is 2.15. The van der Waals surface area contributed by atoms with Gasteiger partial charge in [0.15, 0.2) is 0 Å². The monoisotopic (exact) mass is 241 g/mol. The molecule has 17 heavy (non-hydrogen) atoms. The maximum atomic E-state index is 14.0. The molecular weight excluding hydrogens is 225 g/mol. The normalized spacial score (nSPS) is 11.6. The van der Waals surface area contributed by atoms with Crippen molar-refractivity contribution in [2.75, 3.05) is 0 Å². The van der Waals surface area contributed by atoms with Gasteiger partial charge >= 0.3 is 5.97 Å². The van der Waals surface area contributed by atoms with Gasteiger partial charge in [-0.15, -0.1) is 0 Å². The Morgan fingerprint density at radius 2 is 2.00 bits per heavy atom. The fourth-order valence-corrected chi connectivity index (χ4v) is 1.60. The molecule has 0 spiro atoms. The topological polar surface area (TPSA) is 83.5 Å². The van der Waals surface area contributed by atoms with Gasteiger partial charge in [0.1, 0.15) is 17.1 Å². The van der Waals surface area contributed by atoms with Crippen LogP contribution in [0.5, 0.6) is 5.75 Å². The van der Waals surface area contributed by atoms with Gasteiger partial charge in [-0.1, -0.05) is 20.8 Å². The molecule has 0 atom stereocenters. The Morgan fingerprint density at radius 1 is 1.47 bits per heavy atom. The van der Waals surface area contributed by atoms with Crippen LogP contribution in [0, 0.1) is 5.82 Å². The van der Waals surface area contributed by atoms with Crippen LogP contribution in [0.1, 0.15) is 42.3 Å². The SMILES string of the molecule is CC(C)(C)c1cc(CN)c(O)c(C(=O)O)c1F. The molecule has 1 rings (SSSR count). The molecule has 0 amide bonds. The molecule has 1 aromatic carbocycles. The Labute approximate surface area is 98.9 Å². The van der Waals surface area contributed by atoms with E-state index in [4.69, 9.17) is 10.8 Å². The van der Waals surface area contributed by atoms with Gasteiger partial charge in [-0.25, -0.2) is 9.18 Å². The van der Waals surface area contributed by atoms with Crippen molar-refractivity contribution in [1.82, 2.24) is 0 Å². The number of carboxylic acid groups (broad SMARTS) is 1. The van der Waals surface area contributed by atoms with Gasteiger partial charge in [0.25, 0.3) is 0 Å². The minimum Gasteiger partial charge on any atom is -0.507 e. The van der Waals surface area contributed by atoms with E-state index in [0.29, 0.717) is 0 Å². The van der Waals surface area contributed by atoms with E-state index in [2.05, 4.69) is 0 Å². The summed E-state index contributed by atoms with van der Waals surface area (Å²) in [5.74, 6) is -2.99. The van der Waals surface area contributed by atoms with Crippen LogP contribution in [0.4, 0.5) is 4.39 Å². The molecule has 1 aromatic rings. The molecule has 0 heterocycles. The zero-order valence-electron chi connectivity index (χ0n) is 10.0. The molecule has 0 radical (unpaired) electrons. The van der Waals surface area contributed by atoms with Crippen LogP contribution < -0.4 is 5.73 Å². The second kappa shape index (κ2) is 4.33. The van der Waals surface area contributed by atoms with Crippen molar-refractivity contribution in [1.29, 1.82) is 0 Å². The maximum Gasteiger partial charge on any atom is 0.342 e. The first-order valence-corrected chi connectivity index (χ1v) is 5.18. The first-order valence-electron chi connectivity index (χ1n) is 5.18. The molecule has 0 unspecified atom stereocenters. The molecular formula is C12H16FNO3. The zero-order chi connectivity index (χ0) is 13.4. The summed E-state index contributed by atoms with van der Waals surface area (Å²) in [6.07, 6.45) is 0. The van der Waals surface area contributed by atoms with Crippen LogP contribution in [0.2, 0.25) is 0 Å². The van der Waals surface area contributed by atoms with Crippen LogP contribution in [0.3, 0.4) is 0 Å². The second-order valence-electron chi connectivity index (χ2n) is 4.88. The van der Waals surface area contributed by atoms with E-state index in [0.717, 1.165) is 0 Å². The highest BCUT2D eigenvalue weighted by Crippen LogP contribution is 2.34. The summed E-state index contributed by atoms with van der Waals surface area (Å²) in [6.45, 7) is 5.23. The highest BCUT2D eigenvalue weighted by atomic mass is 19.1. The van der Waals surface area contributed by atoms with E-state index in [1.807, 2.05) is 0 Å². The van der Waals surface area contributed by atoms with Crippen LogP contribution in [0.25, 0.3) is 0 Å². The van der Waals surface area contributed by atoms with Crippen LogP contribution >= 0.6 is 0 Å². The zero-order valence-corrected chi connectivity index (χ0v) is 10.0. The lowest BCUT2D eigenvalue weighted by Crippen LogP contribution is -2.18. The molecule has 0 aliphatic rings. The van der Waals surface area contributed by atoms with E-state index < -0.39 is 28.5 Å². The lowest BCUT2D eigenvalue weighted by Gasteiger charge is -2.22. The van der Waals surface area contributed by atoms with Gasteiger partial charge in [0, 0.05) is 12.1 Å². The standard InChI is InChI=1S/C12H16FNO3/c1-12(2,3)7-4-6(5-14)10(15)8(9(7)13)11(16)17/h4,15H,5,14H2,1-3H3,(H,16,17). The van der Waals surface area contributed by atoms with Crippen molar-refractivity contribution in [2.45, 2.75) is 32.7 Å². The number of benzene rings is 1. The summed E-state index contributed by atoms with van der Waals surface area (Å²) in [4.78, 5) is 10.9. The lowest BCUT2D eigenvalue weighted by atomic mass is 9.84. The van der Waals surface area contributed by atoms with Gasteiger partial charge in [0.2, 0.25) is 0 Å². The van der Waals surface area contributed by atoms with Gasteiger partial charge in [-0.3, -0.25) is 0 Å². The Bertz CT molecular complexity index is 464. The summed E-state index contributed by atoms with van der Waals surface area (Å²) in [5, 5.41) is 18.5. The van der Waals surface area contributed by atoms with E-state index in [1.165, 1.54) is 6.07 Å². The molecule has 94 valence electrons. The number of nitrogens with two attached hydrogens (primary N) is 1. The van der Waals surface area contributed by atoms with Crippen molar-refractivity contribution in [3.05, 3.63) is 28.6 Å². The van der Waals surface area contributed by atoms with Gasteiger partial charge in [-0.05, 0) is 17.0 Å². The number of rotatable bonds is 2. The Hall–Kier alpha value is -1.62. The van der Waals surface area contributed by atoms with Crippen molar-refractivity contribution in [2.24, 2.45) is 5.73 Å². The number of aromatic hydroxyl groups is 1. The number of carboxylic acids is 1. The average molecular weight is 241 g/mol. The fourth-order valence-electron chi connectivity index (χ4n) is 1.60. The largest absolute Gasteiger partial charge is 0.507 e. The van der Waals surface area contributed by atoms with Crippen LogP contribution in [-0.4, -0.2) is 16.2 Å². The molecule has 0 aliphatic carbocycles.